The van der Waals surface area contributed by atoms with Gasteiger partial charge in [0, 0.05) is 13.1 Å². The van der Waals surface area contributed by atoms with Gasteiger partial charge in [-0.3, -0.25) is 14.9 Å². The molecule has 1 aliphatic heterocycles. The predicted molar refractivity (Wildman–Crippen MR) is 71.9 cm³/mol. The van der Waals surface area contributed by atoms with E-state index in [0.717, 1.165) is 18.2 Å². The van der Waals surface area contributed by atoms with Gasteiger partial charge in [-0.2, -0.15) is 5.26 Å². The molecular formula is C14H14FN3O3. The van der Waals surface area contributed by atoms with Crippen LogP contribution in [0.2, 0.25) is 0 Å². The van der Waals surface area contributed by atoms with Crippen LogP contribution in [0.3, 0.4) is 0 Å². The van der Waals surface area contributed by atoms with Crippen LogP contribution in [0.1, 0.15) is 30.1 Å². The fourth-order valence-electron chi connectivity index (χ4n) is 2.32. The second kappa shape index (κ2) is 5.48. The third kappa shape index (κ3) is 2.99. The van der Waals surface area contributed by atoms with E-state index >= 15 is 0 Å². The van der Waals surface area contributed by atoms with Gasteiger partial charge >= 0.3 is 0 Å². The minimum atomic E-state index is -0.764. The van der Waals surface area contributed by atoms with Crippen LogP contribution in [-0.4, -0.2) is 28.8 Å². The first kappa shape index (κ1) is 14.9. The molecule has 1 saturated heterocycles. The minimum absolute atomic E-state index is 0.123. The summed E-state index contributed by atoms with van der Waals surface area (Å²) in [4.78, 5) is 24.0. The maximum atomic E-state index is 13.1. The van der Waals surface area contributed by atoms with E-state index in [0.29, 0.717) is 25.9 Å². The fourth-order valence-corrected chi connectivity index (χ4v) is 2.32. The van der Waals surface area contributed by atoms with Crippen LogP contribution in [0.15, 0.2) is 18.2 Å². The van der Waals surface area contributed by atoms with E-state index in [2.05, 4.69) is 6.07 Å². The van der Waals surface area contributed by atoms with E-state index in [1.807, 2.05) is 6.92 Å². The van der Waals surface area contributed by atoms with Crippen molar-refractivity contribution >= 4 is 11.6 Å². The summed E-state index contributed by atoms with van der Waals surface area (Å²) in [6.07, 6.45) is 1.04. The predicted octanol–water partition coefficient (Wildman–Crippen LogP) is 2.50. The van der Waals surface area contributed by atoms with Gasteiger partial charge in [0.05, 0.1) is 22.5 Å². The number of hydrogen-bond acceptors (Lipinski definition) is 4. The Morgan fingerprint density at radius 1 is 1.48 bits per heavy atom. The zero-order valence-corrected chi connectivity index (χ0v) is 11.5. The Hall–Kier alpha value is -2.49. The van der Waals surface area contributed by atoms with Crippen LogP contribution in [0, 0.1) is 32.7 Å². The molecule has 110 valence electrons. The smallest absolute Gasteiger partial charge is 0.285 e. The molecule has 1 amide bonds. The summed E-state index contributed by atoms with van der Waals surface area (Å²) in [7, 11) is 0. The van der Waals surface area contributed by atoms with Gasteiger partial charge in [0.2, 0.25) is 0 Å². The highest BCUT2D eigenvalue weighted by Gasteiger charge is 2.34. The number of nitro benzene ring substituents is 1. The first-order valence-corrected chi connectivity index (χ1v) is 6.51. The van der Waals surface area contributed by atoms with Crippen LogP contribution in [0.4, 0.5) is 10.1 Å². The fraction of sp³-hybridized carbons (Fsp3) is 0.429. The standard InChI is InChI=1S/C14H14FN3O3/c1-14(9-16)4-6-17(7-5-14)13(19)11-3-2-10(15)8-12(11)18(20)21/h2-3,8H,4-7H2,1H3. The highest BCUT2D eigenvalue weighted by molar-refractivity contribution is 5.98. The summed E-state index contributed by atoms with van der Waals surface area (Å²) in [5.41, 5.74) is -1.12. The zero-order chi connectivity index (χ0) is 15.6. The number of nitro groups is 1. The summed E-state index contributed by atoms with van der Waals surface area (Å²) < 4.78 is 13.1. The Bertz CT molecular complexity index is 631. The van der Waals surface area contributed by atoms with E-state index in [-0.39, 0.29) is 5.56 Å². The van der Waals surface area contributed by atoms with Crippen molar-refractivity contribution in [1.82, 2.24) is 4.90 Å². The number of nitrogens with zero attached hydrogens (tertiary/aromatic N) is 3. The van der Waals surface area contributed by atoms with Gasteiger partial charge in [0.15, 0.2) is 0 Å². The quantitative estimate of drug-likeness (QED) is 0.618. The molecule has 1 fully saturated rings. The second-order valence-corrected chi connectivity index (χ2v) is 5.38. The van der Waals surface area contributed by atoms with Crippen molar-refractivity contribution in [3.63, 3.8) is 0 Å². The van der Waals surface area contributed by atoms with Crippen LogP contribution in [0.5, 0.6) is 0 Å². The molecule has 21 heavy (non-hydrogen) atoms. The van der Waals surface area contributed by atoms with Crippen molar-refractivity contribution < 1.29 is 14.1 Å². The minimum Gasteiger partial charge on any atom is -0.338 e. The largest absolute Gasteiger partial charge is 0.338 e. The van der Waals surface area contributed by atoms with Gasteiger partial charge in [0.25, 0.3) is 11.6 Å². The average Bonchev–Trinajstić information content (AvgIpc) is 2.47. The lowest BCUT2D eigenvalue weighted by Crippen LogP contribution is -2.41. The van der Waals surface area contributed by atoms with Gasteiger partial charge in [-0.1, -0.05) is 0 Å². The molecule has 1 aromatic carbocycles. The molecule has 1 aliphatic rings. The summed E-state index contributed by atoms with van der Waals surface area (Å²) in [6.45, 7) is 2.55. The van der Waals surface area contributed by atoms with E-state index < -0.39 is 27.8 Å². The first-order chi connectivity index (χ1) is 9.86. The van der Waals surface area contributed by atoms with Gasteiger partial charge in [-0.25, -0.2) is 4.39 Å². The molecule has 0 radical (unpaired) electrons. The van der Waals surface area contributed by atoms with Crippen molar-refractivity contribution in [1.29, 1.82) is 5.26 Å². The Morgan fingerprint density at radius 3 is 2.62 bits per heavy atom. The normalized spacial score (nSPS) is 17.1. The maximum Gasteiger partial charge on any atom is 0.285 e. The Labute approximate surface area is 120 Å². The molecule has 0 saturated carbocycles. The summed E-state index contributed by atoms with van der Waals surface area (Å²) in [5.74, 6) is -1.25. The van der Waals surface area contributed by atoms with Crippen molar-refractivity contribution in [2.75, 3.05) is 13.1 Å². The molecule has 7 heteroatoms. The second-order valence-electron chi connectivity index (χ2n) is 5.38. The summed E-state index contributed by atoms with van der Waals surface area (Å²) in [5, 5.41) is 20.0. The lowest BCUT2D eigenvalue weighted by Gasteiger charge is -2.34. The third-order valence-corrected chi connectivity index (χ3v) is 3.81. The third-order valence-electron chi connectivity index (χ3n) is 3.81. The zero-order valence-electron chi connectivity index (χ0n) is 11.5. The van der Waals surface area contributed by atoms with Crippen LogP contribution in [-0.2, 0) is 0 Å². The molecule has 0 unspecified atom stereocenters. The van der Waals surface area contributed by atoms with Gasteiger partial charge in [0.1, 0.15) is 11.4 Å². The van der Waals surface area contributed by atoms with Gasteiger partial charge in [-0.05, 0) is 31.9 Å². The molecule has 0 atom stereocenters. The molecule has 0 aromatic heterocycles. The monoisotopic (exact) mass is 291 g/mol. The highest BCUT2D eigenvalue weighted by Crippen LogP contribution is 2.31. The SMILES string of the molecule is CC1(C#N)CCN(C(=O)c2ccc(F)cc2[N+](=O)[O-])CC1. The number of benzene rings is 1. The molecule has 6 nitrogen and oxygen atoms in total. The molecule has 1 heterocycles. The van der Waals surface area contributed by atoms with E-state index in [1.54, 1.807) is 0 Å². The molecular weight excluding hydrogens is 277 g/mol. The number of nitriles is 1. The van der Waals surface area contributed by atoms with Crippen molar-refractivity contribution in [3.05, 3.63) is 39.7 Å². The van der Waals surface area contributed by atoms with Gasteiger partial charge < -0.3 is 4.90 Å². The maximum absolute atomic E-state index is 13.1. The lowest BCUT2D eigenvalue weighted by molar-refractivity contribution is -0.385. The molecule has 0 N–H and O–H groups in total. The summed E-state index contributed by atoms with van der Waals surface area (Å²) in [6, 6.07) is 5.13. The Kier molecular flexibility index (Phi) is 3.89. The molecule has 2 rings (SSSR count). The van der Waals surface area contributed by atoms with E-state index in [4.69, 9.17) is 5.26 Å². The first-order valence-electron chi connectivity index (χ1n) is 6.51. The van der Waals surface area contributed by atoms with Crippen LogP contribution < -0.4 is 0 Å². The van der Waals surface area contributed by atoms with E-state index in [9.17, 15) is 19.3 Å². The number of amides is 1. The number of hydrogen-bond donors (Lipinski definition) is 0. The van der Waals surface area contributed by atoms with Crippen LogP contribution in [0.25, 0.3) is 0 Å². The molecule has 1 aromatic rings. The number of piperidine rings is 1. The number of halogens is 1. The molecule has 0 bridgehead atoms. The number of carbonyl (C=O) groups is 1. The van der Waals surface area contributed by atoms with Crippen molar-refractivity contribution in [2.45, 2.75) is 19.8 Å². The number of likely N-dealkylation sites (tertiary alicyclic amines) is 1. The number of carbonyl (C=O) groups excluding carboxylic acids is 1. The van der Waals surface area contributed by atoms with Crippen LogP contribution >= 0.6 is 0 Å². The van der Waals surface area contributed by atoms with Crippen molar-refractivity contribution in [3.8, 4) is 6.07 Å². The average molecular weight is 291 g/mol. The van der Waals surface area contributed by atoms with Crippen molar-refractivity contribution in [2.24, 2.45) is 5.41 Å². The molecule has 0 spiro atoms. The van der Waals surface area contributed by atoms with E-state index in [1.165, 1.54) is 4.90 Å². The molecule has 0 aliphatic carbocycles. The summed E-state index contributed by atoms with van der Waals surface area (Å²) >= 11 is 0. The lowest BCUT2D eigenvalue weighted by atomic mass is 9.82. The van der Waals surface area contributed by atoms with Gasteiger partial charge in [-0.15, -0.1) is 0 Å². The Balaban J connectivity index is 2.23. The Morgan fingerprint density at radius 2 is 2.10 bits per heavy atom. The highest BCUT2D eigenvalue weighted by atomic mass is 19.1. The topological polar surface area (TPSA) is 87.2 Å². The number of rotatable bonds is 2.